The lowest BCUT2D eigenvalue weighted by Gasteiger charge is -2.16. The topological polar surface area (TPSA) is 64.2 Å². The lowest BCUT2D eigenvalue weighted by molar-refractivity contribution is 0.0900. The van der Waals surface area contributed by atoms with E-state index in [2.05, 4.69) is 25.9 Å². The molecular weight excluding hydrogens is 308 g/mol. The number of hydrogen-bond donors (Lipinski definition) is 1. The highest BCUT2D eigenvalue weighted by Gasteiger charge is 2.33. The van der Waals surface area contributed by atoms with E-state index in [0.29, 0.717) is 12.2 Å². The van der Waals surface area contributed by atoms with Gasteiger partial charge in [0.15, 0.2) is 5.78 Å². The molecule has 1 heterocycles. The fourth-order valence-corrected chi connectivity index (χ4v) is 3.05. The molecule has 6 heteroatoms. The van der Waals surface area contributed by atoms with Crippen molar-refractivity contribution in [1.29, 1.82) is 0 Å². The van der Waals surface area contributed by atoms with Crippen LogP contribution in [0.3, 0.4) is 0 Å². The zero-order valence-electron chi connectivity index (χ0n) is 11.5. The van der Waals surface area contributed by atoms with Crippen molar-refractivity contribution in [1.82, 2.24) is 14.7 Å². The normalized spacial score (nSPS) is 23.2. The van der Waals surface area contributed by atoms with Crippen LogP contribution in [0.15, 0.2) is 10.7 Å². The summed E-state index contributed by atoms with van der Waals surface area (Å²) >= 11 is 3.43. The van der Waals surface area contributed by atoms with E-state index in [1.54, 1.807) is 10.9 Å². The number of carbonyl (C=O) groups excluding carboxylic acids is 1. The first-order chi connectivity index (χ1) is 9.00. The molecule has 1 fully saturated rings. The summed E-state index contributed by atoms with van der Waals surface area (Å²) in [5, 5.41) is 4.29. The smallest absolute Gasteiger partial charge is 0.186 e. The Morgan fingerprint density at radius 2 is 2.32 bits per heavy atom. The van der Waals surface area contributed by atoms with Gasteiger partial charge in [0.05, 0.1) is 17.2 Å². The fraction of sp³-hybridized carbons (Fsp3) is 0.692. The Hall–Kier alpha value is -0.720. The van der Waals surface area contributed by atoms with E-state index >= 15 is 0 Å². The van der Waals surface area contributed by atoms with E-state index in [-0.39, 0.29) is 17.7 Å². The van der Waals surface area contributed by atoms with Crippen LogP contribution < -0.4 is 5.73 Å². The predicted octanol–water partition coefficient (Wildman–Crippen LogP) is 1.52. The predicted molar refractivity (Wildman–Crippen MR) is 78.1 cm³/mol. The second-order valence-electron chi connectivity index (χ2n) is 5.43. The van der Waals surface area contributed by atoms with Gasteiger partial charge in [0.1, 0.15) is 5.69 Å². The van der Waals surface area contributed by atoms with Gasteiger partial charge < -0.3 is 10.6 Å². The molecule has 2 atom stereocenters. The molecule has 1 aliphatic carbocycles. The van der Waals surface area contributed by atoms with Crippen LogP contribution >= 0.6 is 15.9 Å². The van der Waals surface area contributed by atoms with E-state index in [1.807, 2.05) is 14.1 Å². The highest BCUT2D eigenvalue weighted by molar-refractivity contribution is 9.10. The number of hydrogen-bond acceptors (Lipinski definition) is 4. The molecule has 0 saturated heterocycles. The summed E-state index contributed by atoms with van der Waals surface area (Å²) in [5.41, 5.74) is 6.70. The second kappa shape index (κ2) is 6.15. The number of rotatable bonds is 5. The van der Waals surface area contributed by atoms with E-state index in [4.69, 9.17) is 5.73 Å². The maximum Gasteiger partial charge on any atom is 0.186 e. The van der Waals surface area contributed by atoms with Crippen molar-refractivity contribution < 1.29 is 4.79 Å². The Morgan fingerprint density at radius 1 is 1.58 bits per heavy atom. The van der Waals surface area contributed by atoms with Gasteiger partial charge in [-0.05, 0) is 42.9 Å². The molecular formula is C13H21BrN4O. The van der Waals surface area contributed by atoms with Crippen LogP contribution in [0.5, 0.6) is 0 Å². The molecule has 0 bridgehead atoms. The Labute approximate surface area is 122 Å². The molecule has 5 nitrogen and oxygen atoms in total. The standard InChI is InChI=1S/C13H21BrN4O/c1-17(2)6-7-18-12(10(14)8-16-18)13(19)9-4-3-5-11(9)15/h8-9,11H,3-7,15H2,1-2H3. The number of nitrogens with two attached hydrogens (primary N) is 1. The SMILES string of the molecule is CN(C)CCn1ncc(Br)c1C(=O)C1CCCC1N. The van der Waals surface area contributed by atoms with Crippen molar-refractivity contribution in [2.24, 2.45) is 11.7 Å². The molecule has 2 N–H and O–H groups in total. The third kappa shape index (κ3) is 3.24. The van der Waals surface area contributed by atoms with Gasteiger partial charge in [0.25, 0.3) is 0 Å². The zero-order chi connectivity index (χ0) is 14.0. The highest BCUT2D eigenvalue weighted by Crippen LogP contribution is 2.29. The maximum absolute atomic E-state index is 12.6. The molecule has 2 unspecified atom stereocenters. The van der Waals surface area contributed by atoms with Crippen molar-refractivity contribution in [2.75, 3.05) is 20.6 Å². The van der Waals surface area contributed by atoms with E-state index in [1.165, 1.54) is 0 Å². The third-order valence-corrected chi connectivity index (χ3v) is 4.27. The molecule has 19 heavy (non-hydrogen) atoms. The minimum Gasteiger partial charge on any atom is -0.327 e. The number of halogens is 1. The number of nitrogens with zero attached hydrogens (tertiary/aromatic N) is 3. The molecule has 0 aromatic carbocycles. The van der Waals surface area contributed by atoms with Gasteiger partial charge in [-0.2, -0.15) is 5.10 Å². The summed E-state index contributed by atoms with van der Waals surface area (Å²) in [5.74, 6) is 0.0826. The number of Topliss-reactive ketones (excluding diaryl/α,β-unsaturated/α-hetero) is 1. The first kappa shape index (κ1) is 14.7. The lowest BCUT2D eigenvalue weighted by Crippen LogP contribution is -2.32. The van der Waals surface area contributed by atoms with E-state index < -0.39 is 0 Å². The van der Waals surface area contributed by atoms with Crippen LogP contribution in [0, 0.1) is 5.92 Å². The van der Waals surface area contributed by atoms with Crippen molar-refractivity contribution in [3.63, 3.8) is 0 Å². The Kier molecular flexibility index (Phi) is 4.76. The number of carbonyl (C=O) groups is 1. The third-order valence-electron chi connectivity index (χ3n) is 3.69. The average molecular weight is 329 g/mol. The number of ketones is 1. The molecule has 1 aromatic heterocycles. The monoisotopic (exact) mass is 328 g/mol. The summed E-state index contributed by atoms with van der Waals surface area (Å²) in [6.07, 6.45) is 4.58. The van der Waals surface area contributed by atoms with Crippen molar-refractivity contribution in [3.05, 3.63) is 16.4 Å². The number of likely N-dealkylation sites (N-methyl/N-ethyl adjacent to an activating group) is 1. The molecule has 0 radical (unpaired) electrons. The largest absolute Gasteiger partial charge is 0.327 e. The summed E-state index contributed by atoms with van der Waals surface area (Å²) in [4.78, 5) is 14.7. The molecule has 0 aliphatic heterocycles. The number of aromatic nitrogens is 2. The van der Waals surface area contributed by atoms with E-state index in [9.17, 15) is 4.79 Å². The van der Waals surface area contributed by atoms with Gasteiger partial charge in [-0.3, -0.25) is 9.48 Å². The molecule has 1 aromatic rings. The Morgan fingerprint density at radius 3 is 2.89 bits per heavy atom. The van der Waals surface area contributed by atoms with Crippen molar-refractivity contribution in [3.8, 4) is 0 Å². The van der Waals surface area contributed by atoms with Gasteiger partial charge in [-0.1, -0.05) is 6.42 Å². The fourth-order valence-electron chi connectivity index (χ4n) is 2.56. The minimum atomic E-state index is -0.0499. The maximum atomic E-state index is 12.6. The van der Waals surface area contributed by atoms with Gasteiger partial charge in [0.2, 0.25) is 0 Å². The lowest BCUT2D eigenvalue weighted by atomic mass is 9.96. The summed E-state index contributed by atoms with van der Waals surface area (Å²) in [7, 11) is 4.01. The molecule has 106 valence electrons. The molecule has 0 spiro atoms. The van der Waals surface area contributed by atoms with Crippen LogP contribution in [0.4, 0.5) is 0 Å². The molecule has 2 rings (SSSR count). The molecule has 1 saturated carbocycles. The van der Waals surface area contributed by atoms with Crippen LogP contribution in [0.2, 0.25) is 0 Å². The molecule has 0 amide bonds. The van der Waals surface area contributed by atoms with Crippen LogP contribution in [0.25, 0.3) is 0 Å². The quantitative estimate of drug-likeness (QED) is 0.832. The van der Waals surface area contributed by atoms with Crippen LogP contribution in [-0.2, 0) is 6.54 Å². The van der Waals surface area contributed by atoms with Gasteiger partial charge in [-0.25, -0.2) is 0 Å². The average Bonchev–Trinajstić information content (AvgIpc) is 2.92. The van der Waals surface area contributed by atoms with Crippen LogP contribution in [0.1, 0.15) is 29.8 Å². The van der Waals surface area contributed by atoms with Gasteiger partial charge in [0, 0.05) is 18.5 Å². The van der Waals surface area contributed by atoms with Crippen molar-refractivity contribution >= 4 is 21.7 Å². The zero-order valence-corrected chi connectivity index (χ0v) is 13.1. The Bertz CT molecular complexity index is 457. The first-order valence-electron chi connectivity index (χ1n) is 6.66. The Balaban J connectivity index is 2.18. The minimum absolute atomic E-state index is 0.00315. The molecule has 1 aliphatic rings. The first-order valence-corrected chi connectivity index (χ1v) is 7.46. The van der Waals surface area contributed by atoms with E-state index in [0.717, 1.165) is 30.3 Å². The van der Waals surface area contributed by atoms with Crippen molar-refractivity contribution in [2.45, 2.75) is 31.8 Å². The van der Waals surface area contributed by atoms with Gasteiger partial charge in [-0.15, -0.1) is 0 Å². The summed E-state index contributed by atoms with van der Waals surface area (Å²) in [6.45, 7) is 1.56. The van der Waals surface area contributed by atoms with Crippen LogP contribution in [-0.4, -0.2) is 47.1 Å². The highest BCUT2D eigenvalue weighted by atomic mass is 79.9. The van der Waals surface area contributed by atoms with Gasteiger partial charge >= 0.3 is 0 Å². The second-order valence-corrected chi connectivity index (χ2v) is 6.29. The summed E-state index contributed by atoms with van der Waals surface area (Å²) in [6, 6.07) is -0.00315. The summed E-state index contributed by atoms with van der Waals surface area (Å²) < 4.78 is 2.56.